The molecule has 0 N–H and O–H groups in total. The molecule has 0 fully saturated rings. The first-order valence-corrected chi connectivity index (χ1v) is 9.52. The van der Waals surface area contributed by atoms with E-state index in [9.17, 15) is 0 Å². The second-order valence-electron chi connectivity index (χ2n) is 7.11. The Labute approximate surface area is 153 Å². The largest absolute Gasteiger partial charge is 0.489 e. The van der Waals surface area contributed by atoms with Crippen LogP contribution in [0.2, 0.25) is 0 Å². The number of hydrogen-bond acceptors (Lipinski definition) is 1. The second-order valence-corrected chi connectivity index (χ2v) is 7.11. The van der Waals surface area contributed by atoms with Gasteiger partial charge in [0.1, 0.15) is 12.4 Å². The summed E-state index contributed by atoms with van der Waals surface area (Å²) in [5.41, 5.74) is 6.62. The average Bonchev–Trinajstić information content (AvgIpc) is 2.60. The molecule has 1 nitrogen and oxygen atoms in total. The molecule has 0 saturated heterocycles. The molecule has 0 aromatic heterocycles. The van der Waals surface area contributed by atoms with Gasteiger partial charge in [-0.25, -0.2) is 0 Å². The van der Waals surface area contributed by atoms with Gasteiger partial charge in [0, 0.05) is 5.56 Å². The number of rotatable bonds is 9. The highest BCUT2D eigenvalue weighted by atomic mass is 16.5. The first kappa shape index (κ1) is 19.3. The molecule has 1 heteroatoms. The van der Waals surface area contributed by atoms with Gasteiger partial charge in [-0.3, -0.25) is 0 Å². The minimum absolute atomic E-state index is 0.626. The molecule has 0 heterocycles. The predicted molar refractivity (Wildman–Crippen MR) is 108 cm³/mol. The number of benzene rings is 2. The summed E-state index contributed by atoms with van der Waals surface area (Å²) < 4.78 is 6.25. The molecule has 0 aliphatic rings. The Bertz CT molecular complexity index is 679. The number of hydrogen-bond donors (Lipinski definition) is 0. The molecule has 0 atom stereocenters. The van der Waals surface area contributed by atoms with Crippen LogP contribution in [0.15, 0.2) is 54.1 Å². The average molecular weight is 337 g/mol. The van der Waals surface area contributed by atoms with Crippen LogP contribution in [0.4, 0.5) is 0 Å². The fourth-order valence-electron chi connectivity index (χ4n) is 3.01. The van der Waals surface area contributed by atoms with E-state index < -0.39 is 0 Å². The van der Waals surface area contributed by atoms with Gasteiger partial charge in [0.05, 0.1) is 0 Å². The minimum Gasteiger partial charge on any atom is -0.489 e. The summed E-state index contributed by atoms with van der Waals surface area (Å²) in [5.74, 6) is 1.05. The first-order chi connectivity index (χ1) is 12.1. The lowest BCUT2D eigenvalue weighted by Gasteiger charge is -2.16. The smallest absolute Gasteiger partial charge is 0.123 e. The Kier molecular flexibility index (Phi) is 7.78. The molecule has 134 valence electrons. The maximum absolute atomic E-state index is 6.25. The van der Waals surface area contributed by atoms with Crippen molar-refractivity contribution in [2.24, 2.45) is 0 Å². The van der Waals surface area contributed by atoms with Gasteiger partial charge in [-0.15, -0.1) is 0 Å². The Hall–Kier alpha value is -2.02. The fraction of sp³-hybridized carbons (Fsp3) is 0.417. The van der Waals surface area contributed by atoms with Crippen LogP contribution in [0.1, 0.15) is 62.3 Å². The van der Waals surface area contributed by atoms with Crippen LogP contribution < -0.4 is 4.74 Å². The Morgan fingerprint density at radius 1 is 1.00 bits per heavy atom. The maximum atomic E-state index is 6.25. The summed E-state index contributed by atoms with van der Waals surface area (Å²) in [4.78, 5) is 0. The van der Waals surface area contributed by atoms with Gasteiger partial charge in [-0.05, 0) is 62.8 Å². The molecule has 0 unspecified atom stereocenters. The highest BCUT2D eigenvalue weighted by Gasteiger charge is 2.09. The lowest BCUT2D eigenvalue weighted by Crippen LogP contribution is -2.02. The third kappa shape index (κ3) is 6.42. The molecule has 0 spiro atoms. The van der Waals surface area contributed by atoms with Crippen molar-refractivity contribution < 1.29 is 4.74 Å². The normalized spacial score (nSPS) is 10.6. The number of unbranched alkanes of at least 4 members (excludes halogenated alkanes) is 2. The molecule has 2 aromatic carbocycles. The van der Waals surface area contributed by atoms with Gasteiger partial charge in [0.25, 0.3) is 0 Å². The summed E-state index contributed by atoms with van der Waals surface area (Å²) in [6, 6.07) is 15.0. The van der Waals surface area contributed by atoms with Crippen molar-refractivity contribution in [2.45, 2.75) is 66.4 Å². The van der Waals surface area contributed by atoms with Crippen molar-refractivity contribution in [1.29, 1.82) is 0 Å². The quantitative estimate of drug-likeness (QED) is 0.361. The van der Waals surface area contributed by atoms with E-state index in [1.54, 1.807) is 0 Å². The van der Waals surface area contributed by atoms with Crippen LogP contribution in [-0.2, 0) is 19.4 Å². The van der Waals surface area contributed by atoms with Crippen LogP contribution in [0.25, 0.3) is 0 Å². The molecular weight excluding hydrogens is 304 g/mol. The van der Waals surface area contributed by atoms with E-state index in [-0.39, 0.29) is 0 Å². The fourth-order valence-corrected chi connectivity index (χ4v) is 3.01. The van der Waals surface area contributed by atoms with Gasteiger partial charge < -0.3 is 4.74 Å². The van der Waals surface area contributed by atoms with Gasteiger partial charge in [0.15, 0.2) is 0 Å². The molecule has 0 aliphatic carbocycles. The summed E-state index contributed by atoms with van der Waals surface area (Å²) in [7, 11) is 0. The van der Waals surface area contributed by atoms with Crippen molar-refractivity contribution in [3.05, 3.63) is 76.4 Å². The van der Waals surface area contributed by atoms with E-state index in [1.807, 2.05) is 6.07 Å². The lowest BCUT2D eigenvalue weighted by molar-refractivity contribution is 0.303. The van der Waals surface area contributed by atoms with Gasteiger partial charge >= 0.3 is 0 Å². The first-order valence-electron chi connectivity index (χ1n) is 9.52. The number of aryl methyl sites for hydroxylation is 2. The Balaban J connectivity index is 2.22. The van der Waals surface area contributed by atoms with Crippen LogP contribution >= 0.6 is 0 Å². The molecule has 2 rings (SSSR count). The second kappa shape index (κ2) is 10.1. The zero-order valence-corrected chi connectivity index (χ0v) is 16.3. The van der Waals surface area contributed by atoms with Crippen LogP contribution in [-0.4, -0.2) is 0 Å². The van der Waals surface area contributed by atoms with E-state index in [0.717, 1.165) is 18.6 Å². The molecule has 0 saturated carbocycles. The van der Waals surface area contributed by atoms with Gasteiger partial charge in [-0.2, -0.15) is 0 Å². The zero-order chi connectivity index (χ0) is 18.1. The van der Waals surface area contributed by atoms with E-state index >= 15 is 0 Å². The molecule has 0 bridgehead atoms. The van der Waals surface area contributed by atoms with Crippen molar-refractivity contribution >= 4 is 0 Å². The Morgan fingerprint density at radius 2 is 1.76 bits per heavy atom. The monoisotopic (exact) mass is 336 g/mol. The van der Waals surface area contributed by atoms with Crippen LogP contribution in [0.5, 0.6) is 5.75 Å². The van der Waals surface area contributed by atoms with Crippen molar-refractivity contribution in [2.75, 3.05) is 0 Å². The highest BCUT2D eigenvalue weighted by Crippen LogP contribution is 2.28. The third-order valence-corrected chi connectivity index (χ3v) is 4.51. The molecular formula is C24H32O. The SMILES string of the molecule is CCCCCc1cc(C)c(CC=C(C)C)c(OCc2ccccc2)c1. The molecule has 0 aliphatic heterocycles. The standard InChI is InChI=1S/C24H32O/c1-5-6-8-13-22-16-20(4)23(15-14-19(2)3)24(17-22)25-18-21-11-9-7-10-12-21/h7,9-12,14,16-17H,5-6,8,13,15,18H2,1-4H3. The number of allylic oxidation sites excluding steroid dienone is 2. The Morgan fingerprint density at radius 3 is 2.44 bits per heavy atom. The van der Waals surface area contributed by atoms with Crippen LogP contribution in [0, 0.1) is 6.92 Å². The number of ether oxygens (including phenoxy) is 1. The van der Waals surface area contributed by atoms with Crippen LogP contribution in [0.3, 0.4) is 0 Å². The summed E-state index contributed by atoms with van der Waals surface area (Å²) in [6.07, 6.45) is 8.16. The summed E-state index contributed by atoms with van der Waals surface area (Å²) in [5, 5.41) is 0. The van der Waals surface area contributed by atoms with Gasteiger partial charge in [-0.1, -0.05) is 67.8 Å². The molecule has 25 heavy (non-hydrogen) atoms. The molecule has 0 amide bonds. The van der Waals surface area contributed by atoms with E-state index in [4.69, 9.17) is 4.74 Å². The van der Waals surface area contributed by atoms with Crippen molar-refractivity contribution in [1.82, 2.24) is 0 Å². The van der Waals surface area contributed by atoms with Crippen molar-refractivity contribution in [3.8, 4) is 5.75 Å². The lowest BCUT2D eigenvalue weighted by atomic mass is 9.97. The zero-order valence-electron chi connectivity index (χ0n) is 16.3. The molecule has 0 radical (unpaired) electrons. The summed E-state index contributed by atoms with van der Waals surface area (Å²) >= 11 is 0. The molecule has 2 aromatic rings. The van der Waals surface area contributed by atoms with Gasteiger partial charge in [0.2, 0.25) is 0 Å². The van der Waals surface area contributed by atoms with E-state index in [1.165, 1.54) is 47.1 Å². The predicted octanol–water partition coefficient (Wildman–Crippen LogP) is 6.82. The third-order valence-electron chi connectivity index (χ3n) is 4.51. The highest BCUT2D eigenvalue weighted by molar-refractivity contribution is 5.45. The minimum atomic E-state index is 0.626. The maximum Gasteiger partial charge on any atom is 0.123 e. The van der Waals surface area contributed by atoms with E-state index in [0.29, 0.717) is 6.61 Å². The summed E-state index contributed by atoms with van der Waals surface area (Å²) in [6.45, 7) is 9.40. The van der Waals surface area contributed by atoms with Crippen molar-refractivity contribution in [3.63, 3.8) is 0 Å². The topological polar surface area (TPSA) is 9.23 Å². The van der Waals surface area contributed by atoms with E-state index in [2.05, 4.69) is 70.2 Å².